The van der Waals surface area contributed by atoms with Gasteiger partial charge in [0.15, 0.2) is 11.5 Å². The number of nitrogens with two attached hydrogens (primary N) is 1. The van der Waals surface area contributed by atoms with Crippen LogP contribution in [0.4, 0.5) is 0 Å². The van der Waals surface area contributed by atoms with Gasteiger partial charge in [-0.3, -0.25) is 9.59 Å². The van der Waals surface area contributed by atoms with Gasteiger partial charge in [-0.1, -0.05) is 24.3 Å². The van der Waals surface area contributed by atoms with Crippen molar-refractivity contribution in [3.8, 4) is 11.5 Å². The number of fused-ring (bicyclic) bond motifs is 2. The summed E-state index contributed by atoms with van der Waals surface area (Å²) >= 11 is 0. The van der Waals surface area contributed by atoms with Crippen LogP contribution in [-0.2, 0) is 31.4 Å². The molecule has 0 saturated carbocycles. The first kappa shape index (κ1) is 28.4. The first-order valence-electron chi connectivity index (χ1n) is 12.9. The van der Waals surface area contributed by atoms with E-state index in [0.29, 0.717) is 44.7 Å². The van der Waals surface area contributed by atoms with E-state index in [4.69, 9.17) is 19.9 Å². The predicted octanol–water partition coefficient (Wildman–Crippen LogP) is 3.22. The van der Waals surface area contributed by atoms with Gasteiger partial charge in [-0.2, -0.15) is 0 Å². The van der Waals surface area contributed by atoms with Gasteiger partial charge in [-0.25, -0.2) is 17.9 Å². The molecule has 5 rings (SSSR count). The first-order valence-corrected chi connectivity index (χ1v) is 14.4. The Hall–Kier alpha value is -5.10. The maximum Gasteiger partial charge on any atom is 0.330 e. The Labute approximate surface area is 241 Å². The standard InChI is InChI=1S/C30H27N3O8S/c1-3-39-27(34)13-6-18-4-9-21(10-5-18)42(37,38)32-30(36)28(19-8-12-25-26(15-19)41-17-40-25)23-16-33(2)24-14-20(29(31)35)7-11-22(23)24/h4-16,28H,3,17H2,1-2H3,(H2,31,35)(H,32,36)/b13-6+. The van der Waals surface area contributed by atoms with Crippen molar-refractivity contribution in [2.75, 3.05) is 13.4 Å². The van der Waals surface area contributed by atoms with E-state index >= 15 is 0 Å². The molecule has 1 atom stereocenters. The minimum Gasteiger partial charge on any atom is -0.463 e. The van der Waals surface area contributed by atoms with Crippen LogP contribution in [0.1, 0.15) is 39.9 Å². The number of carbonyl (C=O) groups excluding carboxylic acids is 3. The second-order valence-electron chi connectivity index (χ2n) is 9.46. The number of hydrogen-bond acceptors (Lipinski definition) is 8. The van der Waals surface area contributed by atoms with Crippen molar-refractivity contribution in [1.82, 2.24) is 9.29 Å². The Balaban J connectivity index is 1.50. The summed E-state index contributed by atoms with van der Waals surface area (Å²) in [7, 11) is -2.54. The van der Waals surface area contributed by atoms with Crippen molar-refractivity contribution < 1.29 is 37.0 Å². The number of nitrogens with one attached hydrogen (secondary N) is 1. The number of esters is 1. The van der Waals surface area contributed by atoms with Gasteiger partial charge in [-0.05, 0) is 66.1 Å². The quantitative estimate of drug-likeness (QED) is 0.223. The van der Waals surface area contributed by atoms with E-state index in [-0.39, 0.29) is 18.3 Å². The largest absolute Gasteiger partial charge is 0.463 e. The van der Waals surface area contributed by atoms with Gasteiger partial charge >= 0.3 is 5.97 Å². The minimum absolute atomic E-state index is 0.0269. The van der Waals surface area contributed by atoms with Crippen LogP contribution in [0.15, 0.2) is 77.8 Å². The zero-order valence-corrected chi connectivity index (χ0v) is 23.5. The number of aryl methyl sites for hydroxylation is 1. The molecule has 12 heteroatoms. The maximum absolute atomic E-state index is 13.9. The summed E-state index contributed by atoms with van der Waals surface area (Å²) < 4.78 is 46.3. The van der Waals surface area contributed by atoms with Crippen molar-refractivity contribution >= 4 is 44.8 Å². The fourth-order valence-electron chi connectivity index (χ4n) is 4.73. The molecule has 3 N–H and O–H groups in total. The fraction of sp³-hybridized carbons (Fsp3) is 0.167. The van der Waals surface area contributed by atoms with E-state index in [0.717, 1.165) is 0 Å². The number of aromatic nitrogens is 1. The fourth-order valence-corrected chi connectivity index (χ4v) is 5.72. The summed E-state index contributed by atoms with van der Waals surface area (Å²) in [6.45, 7) is 1.95. The highest BCUT2D eigenvalue weighted by Crippen LogP contribution is 2.39. The molecule has 0 fully saturated rings. The molecule has 216 valence electrons. The molecule has 1 aliphatic rings. The van der Waals surface area contributed by atoms with Crippen LogP contribution in [0.2, 0.25) is 0 Å². The van der Waals surface area contributed by atoms with E-state index in [1.54, 1.807) is 61.1 Å². The van der Waals surface area contributed by atoms with E-state index in [1.807, 2.05) is 0 Å². The predicted molar refractivity (Wildman–Crippen MR) is 153 cm³/mol. The summed E-state index contributed by atoms with van der Waals surface area (Å²) in [4.78, 5) is 37.1. The Morgan fingerprint density at radius 2 is 1.79 bits per heavy atom. The Morgan fingerprint density at radius 1 is 1.05 bits per heavy atom. The van der Waals surface area contributed by atoms with Gasteiger partial charge < -0.3 is 24.5 Å². The monoisotopic (exact) mass is 589 g/mol. The van der Waals surface area contributed by atoms with Gasteiger partial charge in [-0.15, -0.1) is 0 Å². The molecule has 1 unspecified atom stereocenters. The molecule has 2 heterocycles. The molecule has 1 aliphatic heterocycles. The van der Waals surface area contributed by atoms with E-state index < -0.39 is 33.7 Å². The summed E-state index contributed by atoms with van der Waals surface area (Å²) in [6, 6.07) is 15.5. The van der Waals surface area contributed by atoms with Gasteiger partial charge in [0.05, 0.1) is 17.4 Å². The van der Waals surface area contributed by atoms with Crippen LogP contribution in [0, 0.1) is 0 Å². The third-order valence-corrected chi connectivity index (χ3v) is 8.10. The van der Waals surface area contributed by atoms with Crippen molar-refractivity contribution in [2.24, 2.45) is 12.8 Å². The minimum atomic E-state index is -4.29. The summed E-state index contributed by atoms with van der Waals surface area (Å²) in [5.41, 5.74) is 7.93. The third kappa shape index (κ3) is 5.70. The first-order chi connectivity index (χ1) is 20.1. The molecule has 3 aromatic carbocycles. The van der Waals surface area contributed by atoms with E-state index in [1.165, 1.54) is 36.4 Å². The smallest absolute Gasteiger partial charge is 0.330 e. The van der Waals surface area contributed by atoms with Gasteiger partial charge in [0, 0.05) is 35.8 Å². The molecule has 42 heavy (non-hydrogen) atoms. The van der Waals surface area contributed by atoms with Gasteiger partial charge in [0.2, 0.25) is 18.6 Å². The Morgan fingerprint density at radius 3 is 2.50 bits per heavy atom. The SMILES string of the molecule is CCOC(=O)/C=C/c1ccc(S(=O)(=O)NC(=O)C(c2ccc3c(c2)OCO3)c2cn(C)c3cc(C(N)=O)ccc23)cc1. The van der Waals surface area contributed by atoms with Crippen molar-refractivity contribution in [1.29, 1.82) is 0 Å². The molecular weight excluding hydrogens is 562 g/mol. The molecule has 2 amide bonds. The van der Waals surface area contributed by atoms with Crippen LogP contribution in [-0.4, -0.2) is 44.2 Å². The van der Waals surface area contributed by atoms with Crippen molar-refractivity contribution in [2.45, 2.75) is 17.7 Å². The zero-order valence-electron chi connectivity index (χ0n) is 22.7. The molecule has 0 saturated heterocycles. The Bertz CT molecular complexity index is 1840. The lowest BCUT2D eigenvalue weighted by atomic mass is 9.90. The highest BCUT2D eigenvalue weighted by atomic mass is 32.2. The molecule has 11 nitrogen and oxygen atoms in total. The second kappa shape index (κ2) is 11.4. The number of nitrogens with zero attached hydrogens (tertiary/aromatic N) is 1. The summed E-state index contributed by atoms with van der Waals surface area (Å²) in [5.74, 6) is -2.06. The van der Waals surface area contributed by atoms with Gasteiger partial charge in [0.25, 0.3) is 10.0 Å². The zero-order chi connectivity index (χ0) is 30.0. The molecule has 4 aromatic rings. The third-order valence-electron chi connectivity index (χ3n) is 6.73. The number of sulfonamides is 1. The number of benzene rings is 3. The number of hydrogen-bond donors (Lipinski definition) is 2. The van der Waals surface area contributed by atoms with E-state index in [9.17, 15) is 22.8 Å². The molecule has 0 bridgehead atoms. The molecule has 0 aliphatic carbocycles. The average Bonchev–Trinajstić information content (AvgIpc) is 3.56. The lowest BCUT2D eigenvalue weighted by Crippen LogP contribution is -2.35. The normalized spacial score (nSPS) is 13.3. The van der Waals surface area contributed by atoms with Crippen LogP contribution >= 0.6 is 0 Å². The van der Waals surface area contributed by atoms with Gasteiger partial charge in [0.1, 0.15) is 0 Å². The topological polar surface area (TPSA) is 156 Å². The lowest BCUT2D eigenvalue weighted by molar-refractivity contribution is -0.137. The summed E-state index contributed by atoms with van der Waals surface area (Å²) in [5, 5.41) is 0.635. The number of rotatable bonds is 9. The average molecular weight is 590 g/mol. The molecule has 0 radical (unpaired) electrons. The highest BCUT2D eigenvalue weighted by Gasteiger charge is 2.31. The molecule has 1 aromatic heterocycles. The number of ether oxygens (including phenoxy) is 3. The van der Waals surface area contributed by atoms with Crippen LogP contribution in [0.5, 0.6) is 11.5 Å². The van der Waals surface area contributed by atoms with Crippen LogP contribution < -0.4 is 19.9 Å². The van der Waals surface area contributed by atoms with Crippen LogP contribution in [0.3, 0.4) is 0 Å². The van der Waals surface area contributed by atoms with Crippen molar-refractivity contribution in [3.63, 3.8) is 0 Å². The second-order valence-corrected chi connectivity index (χ2v) is 11.1. The Kier molecular flexibility index (Phi) is 7.72. The number of amides is 2. The molecular formula is C30H27N3O8S. The highest BCUT2D eigenvalue weighted by molar-refractivity contribution is 7.90. The van der Waals surface area contributed by atoms with Crippen LogP contribution in [0.25, 0.3) is 17.0 Å². The van der Waals surface area contributed by atoms with Crippen molar-refractivity contribution in [3.05, 3.63) is 95.2 Å². The lowest BCUT2D eigenvalue weighted by Gasteiger charge is -2.18. The van der Waals surface area contributed by atoms with E-state index in [2.05, 4.69) is 4.72 Å². The molecule has 0 spiro atoms. The number of carbonyl (C=O) groups is 3. The maximum atomic E-state index is 13.9. The summed E-state index contributed by atoms with van der Waals surface area (Å²) in [6.07, 6.45) is 4.44. The number of primary amides is 1.